The maximum atomic E-state index is 12.7. The SMILES string of the molecule is CN(CC(=O)N1CCC(C2OCCO2)CC1)C1=NS(=O)(=O)c2ccccc21. The second kappa shape index (κ2) is 7.21. The Morgan fingerprint density at radius 1 is 1.22 bits per heavy atom. The molecular weight excluding hydrogens is 370 g/mol. The Hall–Kier alpha value is -1.97. The Labute approximate surface area is 158 Å². The number of amides is 1. The molecule has 0 aliphatic carbocycles. The quantitative estimate of drug-likeness (QED) is 0.750. The third kappa shape index (κ3) is 3.59. The van der Waals surface area contributed by atoms with Gasteiger partial charge in [-0.3, -0.25) is 4.79 Å². The van der Waals surface area contributed by atoms with E-state index in [1.54, 1.807) is 30.1 Å². The lowest BCUT2D eigenvalue weighted by Crippen LogP contribution is -2.46. The van der Waals surface area contributed by atoms with E-state index in [9.17, 15) is 13.2 Å². The van der Waals surface area contributed by atoms with Crippen LogP contribution in [0.1, 0.15) is 18.4 Å². The van der Waals surface area contributed by atoms with Gasteiger partial charge < -0.3 is 19.3 Å². The van der Waals surface area contributed by atoms with E-state index in [4.69, 9.17) is 9.47 Å². The molecule has 1 amide bonds. The summed E-state index contributed by atoms with van der Waals surface area (Å²) in [5.41, 5.74) is 0.544. The number of hydrogen-bond acceptors (Lipinski definition) is 6. The van der Waals surface area contributed by atoms with Gasteiger partial charge in [-0.2, -0.15) is 8.42 Å². The van der Waals surface area contributed by atoms with E-state index in [0.717, 1.165) is 12.8 Å². The monoisotopic (exact) mass is 393 g/mol. The number of piperidine rings is 1. The number of hydrogen-bond donors (Lipinski definition) is 0. The third-order valence-electron chi connectivity index (χ3n) is 5.27. The minimum atomic E-state index is -3.68. The third-order valence-corrected chi connectivity index (χ3v) is 6.60. The normalized spacial score (nSPS) is 22.6. The maximum Gasteiger partial charge on any atom is 0.285 e. The number of carbonyl (C=O) groups excluding carboxylic acids is 1. The van der Waals surface area contributed by atoms with Gasteiger partial charge in [0, 0.05) is 31.6 Å². The molecule has 0 atom stereocenters. The smallest absolute Gasteiger partial charge is 0.285 e. The molecule has 1 aromatic rings. The molecule has 0 saturated carbocycles. The van der Waals surface area contributed by atoms with Crippen molar-refractivity contribution in [2.45, 2.75) is 24.0 Å². The van der Waals surface area contributed by atoms with Crippen LogP contribution in [0.4, 0.5) is 0 Å². The van der Waals surface area contributed by atoms with Gasteiger partial charge in [0.05, 0.1) is 19.8 Å². The molecule has 0 radical (unpaired) electrons. The summed E-state index contributed by atoms with van der Waals surface area (Å²) < 4.78 is 39.4. The summed E-state index contributed by atoms with van der Waals surface area (Å²) >= 11 is 0. The van der Waals surface area contributed by atoms with Crippen LogP contribution < -0.4 is 0 Å². The van der Waals surface area contributed by atoms with Gasteiger partial charge in [-0.15, -0.1) is 4.40 Å². The summed E-state index contributed by atoms with van der Waals surface area (Å²) in [6.45, 7) is 2.68. The first kappa shape index (κ1) is 18.4. The number of likely N-dealkylation sites (tertiary alicyclic amines) is 1. The minimum absolute atomic E-state index is 0.0336. The van der Waals surface area contributed by atoms with E-state index >= 15 is 0 Å². The zero-order valence-electron chi connectivity index (χ0n) is 15.2. The van der Waals surface area contributed by atoms with Crippen molar-refractivity contribution in [2.24, 2.45) is 10.3 Å². The molecule has 1 aromatic carbocycles. The van der Waals surface area contributed by atoms with Crippen LogP contribution in [0.25, 0.3) is 0 Å². The van der Waals surface area contributed by atoms with Crippen molar-refractivity contribution >= 4 is 21.8 Å². The highest BCUT2D eigenvalue weighted by Gasteiger charge is 2.34. The van der Waals surface area contributed by atoms with Gasteiger partial charge in [0.2, 0.25) is 5.91 Å². The average Bonchev–Trinajstić information content (AvgIpc) is 3.29. The Balaban J connectivity index is 1.38. The van der Waals surface area contributed by atoms with E-state index in [2.05, 4.69) is 4.40 Å². The number of carbonyl (C=O) groups is 1. The van der Waals surface area contributed by atoms with Crippen LogP contribution in [-0.2, 0) is 24.3 Å². The van der Waals surface area contributed by atoms with Crippen molar-refractivity contribution in [1.29, 1.82) is 0 Å². The van der Waals surface area contributed by atoms with Gasteiger partial charge in [0.1, 0.15) is 4.90 Å². The second-order valence-electron chi connectivity index (χ2n) is 7.07. The van der Waals surface area contributed by atoms with Crippen LogP contribution in [0.15, 0.2) is 33.6 Å². The van der Waals surface area contributed by atoms with Crippen molar-refractivity contribution < 1.29 is 22.7 Å². The Morgan fingerprint density at radius 2 is 1.89 bits per heavy atom. The van der Waals surface area contributed by atoms with Crippen LogP contribution in [0.2, 0.25) is 0 Å². The molecule has 0 aromatic heterocycles. The number of sulfonamides is 1. The Bertz CT molecular complexity index is 856. The summed E-state index contributed by atoms with van der Waals surface area (Å²) in [4.78, 5) is 16.3. The summed E-state index contributed by atoms with van der Waals surface area (Å²) in [5, 5.41) is 0. The topological polar surface area (TPSA) is 88.5 Å². The molecule has 27 heavy (non-hydrogen) atoms. The highest BCUT2D eigenvalue weighted by atomic mass is 32.2. The standard InChI is InChI=1S/C18H23N3O5S/c1-20(17-14-4-2-3-5-15(14)27(23,24)19-17)12-16(22)21-8-6-13(7-9-21)18-25-10-11-26-18/h2-5,13,18H,6-12H2,1H3. The predicted octanol–water partition coefficient (Wildman–Crippen LogP) is 0.679. The lowest BCUT2D eigenvalue weighted by molar-refractivity contribution is -0.137. The summed E-state index contributed by atoms with van der Waals surface area (Å²) in [5.74, 6) is 0.612. The highest BCUT2D eigenvalue weighted by Crippen LogP contribution is 2.28. The fourth-order valence-corrected chi connectivity index (χ4v) is 5.06. The van der Waals surface area contributed by atoms with Crippen molar-refractivity contribution in [2.75, 3.05) is 39.9 Å². The number of rotatable bonds is 3. The first-order chi connectivity index (χ1) is 13.0. The van der Waals surface area contributed by atoms with Gasteiger partial charge in [-0.1, -0.05) is 12.1 Å². The number of benzene rings is 1. The van der Waals surface area contributed by atoms with E-state index < -0.39 is 10.0 Å². The van der Waals surface area contributed by atoms with Crippen LogP contribution in [0.5, 0.6) is 0 Å². The van der Waals surface area contributed by atoms with Crippen LogP contribution in [0.3, 0.4) is 0 Å². The second-order valence-corrected chi connectivity index (χ2v) is 8.64. The molecule has 8 nitrogen and oxygen atoms in total. The van der Waals surface area contributed by atoms with E-state index in [-0.39, 0.29) is 23.6 Å². The average molecular weight is 393 g/mol. The first-order valence-corrected chi connectivity index (χ1v) is 10.6. The molecule has 3 heterocycles. The zero-order chi connectivity index (χ0) is 19.0. The van der Waals surface area contributed by atoms with Crippen molar-refractivity contribution in [3.05, 3.63) is 29.8 Å². The van der Waals surface area contributed by atoms with E-state index in [1.165, 1.54) is 6.07 Å². The minimum Gasteiger partial charge on any atom is -0.350 e. The zero-order valence-corrected chi connectivity index (χ0v) is 16.0. The largest absolute Gasteiger partial charge is 0.350 e. The molecule has 2 fully saturated rings. The molecule has 3 aliphatic heterocycles. The molecule has 3 aliphatic rings. The molecular formula is C18H23N3O5S. The lowest BCUT2D eigenvalue weighted by Gasteiger charge is -2.34. The number of likely N-dealkylation sites (N-methyl/N-ethyl adjacent to an activating group) is 1. The van der Waals surface area contributed by atoms with Gasteiger partial charge >= 0.3 is 0 Å². The lowest BCUT2D eigenvalue weighted by atomic mass is 9.96. The van der Waals surface area contributed by atoms with Gasteiger partial charge in [-0.05, 0) is 25.0 Å². The number of fused-ring (bicyclic) bond motifs is 1. The van der Waals surface area contributed by atoms with Crippen molar-refractivity contribution in [3.63, 3.8) is 0 Å². The molecule has 2 saturated heterocycles. The summed E-state index contributed by atoms with van der Waals surface area (Å²) in [7, 11) is -1.99. The van der Waals surface area contributed by atoms with Crippen LogP contribution in [-0.4, -0.2) is 76.1 Å². The van der Waals surface area contributed by atoms with E-state index in [0.29, 0.717) is 43.6 Å². The fourth-order valence-electron chi connectivity index (χ4n) is 3.81. The summed E-state index contributed by atoms with van der Waals surface area (Å²) in [6, 6.07) is 6.69. The predicted molar refractivity (Wildman–Crippen MR) is 97.8 cm³/mol. The number of ether oxygens (including phenoxy) is 2. The number of nitrogens with zero attached hydrogens (tertiary/aromatic N) is 3. The van der Waals surface area contributed by atoms with Crippen molar-refractivity contribution in [3.8, 4) is 0 Å². The molecule has 0 unspecified atom stereocenters. The molecule has 0 bridgehead atoms. The molecule has 4 rings (SSSR count). The van der Waals surface area contributed by atoms with Crippen LogP contribution in [0, 0.1) is 5.92 Å². The van der Waals surface area contributed by atoms with Crippen molar-refractivity contribution in [1.82, 2.24) is 9.80 Å². The first-order valence-electron chi connectivity index (χ1n) is 9.12. The number of amidine groups is 1. The van der Waals surface area contributed by atoms with Gasteiger partial charge in [-0.25, -0.2) is 0 Å². The van der Waals surface area contributed by atoms with Crippen LogP contribution >= 0.6 is 0 Å². The molecule has 146 valence electrons. The fraction of sp³-hybridized carbons (Fsp3) is 0.556. The highest BCUT2D eigenvalue weighted by molar-refractivity contribution is 7.90. The molecule has 0 spiro atoms. The van der Waals surface area contributed by atoms with E-state index in [1.807, 2.05) is 4.90 Å². The Kier molecular flexibility index (Phi) is 4.92. The maximum absolute atomic E-state index is 12.7. The van der Waals surface area contributed by atoms with Gasteiger partial charge in [0.25, 0.3) is 10.0 Å². The summed E-state index contributed by atoms with van der Waals surface area (Å²) in [6.07, 6.45) is 1.55. The van der Waals surface area contributed by atoms with Gasteiger partial charge in [0.15, 0.2) is 12.1 Å². The molecule has 9 heteroatoms. The Morgan fingerprint density at radius 3 is 2.59 bits per heavy atom. The molecule has 0 N–H and O–H groups in total.